The largest absolute Gasteiger partial charge is 0.503 e. The maximum absolute atomic E-state index is 13.5. The van der Waals surface area contributed by atoms with Gasteiger partial charge in [-0.15, -0.1) is 0 Å². The molecule has 0 fully saturated rings. The Morgan fingerprint density at radius 2 is 2.09 bits per heavy atom. The maximum Gasteiger partial charge on any atom is 0.251 e. The van der Waals surface area contributed by atoms with Gasteiger partial charge in [-0.05, 0) is 46.1 Å². The van der Waals surface area contributed by atoms with Gasteiger partial charge in [-0.25, -0.2) is 4.39 Å². The molecule has 2 rings (SSSR count). The quantitative estimate of drug-likeness (QED) is 0.852. The summed E-state index contributed by atoms with van der Waals surface area (Å²) < 4.78 is 18.8. The Labute approximate surface area is 136 Å². The number of nitrogens with one attached hydrogen (secondary N) is 1. The van der Waals surface area contributed by atoms with Crippen LogP contribution in [0, 0.1) is 5.82 Å². The average molecular weight is 368 g/mol. The standard InChI is InChI=1S/C16H15BrFNO3/c1-22-14-9-11(8-12(17)15(14)20)16(21)19-7-6-10-4-2-3-5-13(10)18/h2-5,8-9,20H,6-7H2,1H3,(H,19,21). The van der Waals surface area contributed by atoms with Gasteiger partial charge in [-0.3, -0.25) is 4.79 Å². The minimum absolute atomic E-state index is 0.0644. The molecule has 1 amide bonds. The molecular formula is C16H15BrFNO3. The fourth-order valence-electron chi connectivity index (χ4n) is 1.97. The molecule has 4 nitrogen and oxygen atoms in total. The normalized spacial score (nSPS) is 10.3. The van der Waals surface area contributed by atoms with E-state index in [4.69, 9.17) is 4.74 Å². The van der Waals surface area contributed by atoms with Gasteiger partial charge in [-0.1, -0.05) is 18.2 Å². The van der Waals surface area contributed by atoms with Crippen molar-refractivity contribution in [1.82, 2.24) is 5.32 Å². The smallest absolute Gasteiger partial charge is 0.251 e. The van der Waals surface area contributed by atoms with Crippen molar-refractivity contribution in [2.24, 2.45) is 0 Å². The molecule has 0 heterocycles. The summed E-state index contributed by atoms with van der Waals surface area (Å²) in [6, 6.07) is 9.38. The molecule has 2 aromatic carbocycles. The van der Waals surface area contributed by atoms with Crippen molar-refractivity contribution >= 4 is 21.8 Å². The molecule has 0 bridgehead atoms. The van der Waals surface area contributed by atoms with Crippen molar-refractivity contribution in [2.45, 2.75) is 6.42 Å². The Balaban J connectivity index is 2.01. The van der Waals surface area contributed by atoms with Gasteiger partial charge in [0, 0.05) is 12.1 Å². The summed E-state index contributed by atoms with van der Waals surface area (Å²) in [6.45, 7) is 0.306. The van der Waals surface area contributed by atoms with Crippen LogP contribution >= 0.6 is 15.9 Å². The number of phenols is 1. The van der Waals surface area contributed by atoms with Gasteiger partial charge >= 0.3 is 0 Å². The van der Waals surface area contributed by atoms with Gasteiger partial charge < -0.3 is 15.2 Å². The number of hydrogen-bond donors (Lipinski definition) is 2. The zero-order valence-corrected chi connectivity index (χ0v) is 13.5. The Morgan fingerprint density at radius 3 is 2.77 bits per heavy atom. The van der Waals surface area contributed by atoms with E-state index in [-0.39, 0.29) is 23.2 Å². The van der Waals surface area contributed by atoms with E-state index in [2.05, 4.69) is 21.2 Å². The van der Waals surface area contributed by atoms with E-state index in [1.807, 2.05) is 0 Å². The first kappa shape index (κ1) is 16.3. The lowest BCUT2D eigenvalue weighted by Gasteiger charge is -2.10. The van der Waals surface area contributed by atoms with Crippen molar-refractivity contribution < 1.29 is 19.0 Å². The molecule has 116 valence electrons. The highest BCUT2D eigenvalue weighted by Crippen LogP contribution is 2.35. The van der Waals surface area contributed by atoms with Crippen LogP contribution in [0.4, 0.5) is 4.39 Å². The summed E-state index contributed by atoms with van der Waals surface area (Å²) in [5, 5.41) is 12.4. The van der Waals surface area contributed by atoms with E-state index in [1.54, 1.807) is 18.2 Å². The molecule has 0 aliphatic carbocycles. The first-order valence-corrected chi connectivity index (χ1v) is 7.40. The predicted molar refractivity (Wildman–Crippen MR) is 84.8 cm³/mol. The van der Waals surface area contributed by atoms with Crippen LogP contribution in [0.3, 0.4) is 0 Å². The highest BCUT2D eigenvalue weighted by Gasteiger charge is 2.13. The first-order valence-electron chi connectivity index (χ1n) is 6.61. The number of halogens is 2. The van der Waals surface area contributed by atoms with Gasteiger partial charge in [0.2, 0.25) is 0 Å². The van der Waals surface area contributed by atoms with Crippen molar-refractivity contribution in [3.05, 3.63) is 57.8 Å². The van der Waals surface area contributed by atoms with Crippen molar-refractivity contribution in [1.29, 1.82) is 0 Å². The molecule has 22 heavy (non-hydrogen) atoms. The molecule has 0 aliphatic heterocycles. The van der Waals surface area contributed by atoms with Gasteiger partial charge in [0.1, 0.15) is 5.82 Å². The minimum Gasteiger partial charge on any atom is -0.503 e. The second-order valence-electron chi connectivity index (χ2n) is 4.61. The monoisotopic (exact) mass is 367 g/mol. The third kappa shape index (κ3) is 3.76. The molecule has 0 atom stereocenters. The lowest BCUT2D eigenvalue weighted by atomic mass is 10.1. The summed E-state index contributed by atoms with van der Waals surface area (Å²) in [4.78, 5) is 12.1. The van der Waals surface area contributed by atoms with E-state index in [9.17, 15) is 14.3 Å². The molecule has 2 aromatic rings. The molecule has 0 spiro atoms. The molecule has 2 N–H and O–H groups in total. The molecule has 0 aromatic heterocycles. The van der Waals surface area contributed by atoms with E-state index >= 15 is 0 Å². The summed E-state index contributed by atoms with van der Waals surface area (Å²) in [5.41, 5.74) is 0.891. The molecular weight excluding hydrogens is 353 g/mol. The van der Waals surface area contributed by atoms with Crippen molar-refractivity contribution in [3.63, 3.8) is 0 Å². The molecule has 0 saturated heterocycles. The van der Waals surface area contributed by atoms with Gasteiger partial charge in [-0.2, -0.15) is 0 Å². The van der Waals surface area contributed by atoms with E-state index in [0.29, 0.717) is 28.6 Å². The molecule has 0 aliphatic rings. The van der Waals surface area contributed by atoms with E-state index in [0.717, 1.165) is 0 Å². The number of carbonyl (C=O) groups excluding carboxylic acids is 1. The fraction of sp³-hybridized carbons (Fsp3) is 0.188. The number of ether oxygens (including phenoxy) is 1. The second-order valence-corrected chi connectivity index (χ2v) is 5.46. The van der Waals surface area contributed by atoms with Crippen LogP contribution in [-0.2, 0) is 6.42 Å². The van der Waals surface area contributed by atoms with E-state index in [1.165, 1.54) is 25.3 Å². The number of carbonyl (C=O) groups is 1. The van der Waals surface area contributed by atoms with Gasteiger partial charge in [0.05, 0.1) is 11.6 Å². The third-order valence-electron chi connectivity index (χ3n) is 3.15. The van der Waals surface area contributed by atoms with Crippen molar-refractivity contribution in [3.8, 4) is 11.5 Å². The first-order chi connectivity index (χ1) is 10.5. The minimum atomic E-state index is -0.324. The highest BCUT2D eigenvalue weighted by molar-refractivity contribution is 9.10. The lowest BCUT2D eigenvalue weighted by molar-refractivity contribution is 0.0953. The van der Waals surface area contributed by atoms with Crippen LogP contribution in [-0.4, -0.2) is 24.7 Å². The summed E-state index contributed by atoms with van der Waals surface area (Å²) in [5.74, 6) is -0.472. The van der Waals surface area contributed by atoms with Gasteiger partial charge in [0.25, 0.3) is 5.91 Å². The van der Waals surface area contributed by atoms with Crippen LogP contribution in [0.5, 0.6) is 11.5 Å². The summed E-state index contributed by atoms with van der Waals surface area (Å²) in [6.07, 6.45) is 0.398. The number of hydrogen-bond acceptors (Lipinski definition) is 3. The number of aromatic hydroxyl groups is 1. The highest BCUT2D eigenvalue weighted by atomic mass is 79.9. The Kier molecular flexibility index (Phi) is 5.38. The number of phenolic OH excluding ortho intramolecular Hbond substituents is 1. The second kappa shape index (κ2) is 7.26. The van der Waals surface area contributed by atoms with Crippen LogP contribution < -0.4 is 10.1 Å². The number of methoxy groups -OCH3 is 1. The lowest BCUT2D eigenvalue weighted by Crippen LogP contribution is -2.26. The molecule has 6 heteroatoms. The van der Waals surface area contributed by atoms with Gasteiger partial charge in [0.15, 0.2) is 11.5 Å². The zero-order chi connectivity index (χ0) is 16.1. The number of rotatable bonds is 5. The van der Waals surface area contributed by atoms with Crippen LogP contribution in [0.25, 0.3) is 0 Å². The SMILES string of the molecule is COc1cc(C(=O)NCCc2ccccc2F)cc(Br)c1O. The topological polar surface area (TPSA) is 58.6 Å². The Morgan fingerprint density at radius 1 is 1.36 bits per heavy atom. The molecule has 0 radical (unpaired) electrons. The molecule has 0 saturated carbocycles. The zero-order valence-electron chi connectivity index (χ0n) is 11.9. The predicted octanol–water partition coefficient (Wildman–Crippen LogP) is 3.27. The fourth-order valence-corrected chi connectivity index (χ4v) is 2.42. The average Bonchev–Trinajstić information content (AvgIpc) is 2.51. The Hall–Kier alpha value is -2.08. The van der Waals surface area contributed by atoms with Crippen LogP contribution in [0.15, 0.2) is 40.9 Å². The maximum atomic E-state index is 13.5. The van der Waals surface area contributed by atoms with E-state index < -0.39 is 0 Å². The third-order valence-corrected chi connectivity index (χ3v) is 3.75. The number of amides is 1. The van der Waals surface area contributed by atoms with Crippen LogP contribution in [0.2, 0.25) is 0 Å². The number of benzene rings is 2. The van der Waals surface area contributed by atoms with Crippen molar-refractivity contribution in [2.75, 3.05) is 13.7 Å². The summed E-state index contributed by atoms with van der Waals surface area (Å²) >= 11 is 3.16. The molecule has 0 unspecified atom stereocenters. The summed E-state index contributed by atoms with van der Waals surface area (Å²) in [7, 11) is 1.40. The Bertz CT molecular complexity index is 691. The van der Waals surface area contributed by atoms with Crippen LogP contribution in [0.1, 0.15) is 15.9 Å².